The Labute approximate surface area is 139 Å². The second kappa shape index (κ2) is 7.87. The van der Waals surface area contributed by atoms with E-state index < -0.39 is 5.97 Å². The van der Waals surface area contributed by atoms with Crippen LogP contribution in [0.2, 0.25) is 5.02 Å². The highest BCUT2D eigenvalue weighted by Crippen LogP contribution is 2.38. The second-order valence-corrected chi connectivity index (χ2v) is 5.52. The molecule has 124 valence electrons. The van der Waals surface area contributed by atoms with Crippen LogP contribution in [0.5, 0.6) is 11.5 Å². The first-order valence-corrected chi connectivity index (χ1v) is 7.49. The van der Waals surface area contributed by atoms with Crippen LogP contribution in [0.25, 0.3) is 6.08 Å². The molecule has 0 radical (unpaired) electrons. The van der Waals surface area contributed by atoms with Crippen LogP contribution < -0.4 is 9.47 Å². The monoisotopic (exact) mass is 339 g/mol. The van der Waals surface area contributed by atoms with Crippen molar-refractivity contribution < 1.29 is 23.8 Å². The van der Waals surface area contributed by atoms with Crippen LogP contribution in [0.1, 0.15) is 12.0 Å². The van der Waals surface area contributed by atoms with E-state index in [2.05, 4.69) is 0 Å². The van der Waals surface area contributed by atoms with Crippen LogP contribution >= 0.6 is 11.6 Å². The minimum absolute atomic E-state index is 0.287. The van der Waals surface area contributed by atoms with E-state index in [0.717, 1.165) is 6.42 Å². The number of benzene rings is 1. The van der Waals surface area contributed by atoms with Gasteiger partial charge in [0.15, 0.2) is 18.1 Å². The molecule has 0 atom stereocenters. The van der Waals surface area contributed by atoms with E-state index in [4.69, 9.17) is 25.8 Å². The van der Waals surface area contributed by atoms with Gasteiger partial charge in [-0.3, -0.25) is 4.79 Å². The molecule has 0 aromatic heterocycles. The van der Waals surface area contributed by atoms with Gasteiger partial charge < -0.3 is 19.1 Å². The zero-order valence-electron chi connectivity index (χ0n) is 13.0. The van der Waals surface area contributed by atoms with Crippen molar-refractivity contribution in [3.63, 3.8) is 0 Å². The van der Waals surface area contributed by atoms with Crippen LogP contribution in [0.15, 0.2) is 18.2 Å². The Bertz CT molecular complexity index is 627. The van der Waals surface area contributed by atoms with E-state index in [1.165, 1.54) is 11.0 Å². The fourth-order valence-electron chi connectivity index (χ4n) is 1.82. The van der Waals surface area contributed by atoms with Crippen molar-refractivity contribution in [2.45, 2.75) is 6.42 Å². The molecule has 1 aromatic rings. The molecule has 0 fully saturated rings. The summed E-state index contributed by atoms with van der Waals surface area (Å²) in [5.41, 5.74) is 0.676. The minimum atomic E-state index is -0.608. The summed E-state index contributed by atoms with van der Waals surface area (Å²) in [7, 11) is 3.18. The number of likely N-dealkylation sites (N-methyl/N-ethyl adjacent to an activating group) is 1. The highest BCUT2D eigenvalue weighted by molar-refractivity contribution is 6.32. The molecule has 1 heterocycles. The number of rotatable bonds is 4. The lowest BCUT2D eigenvalue weighted by Crippen LogP contribution is -2.27. The normalized spacial score (nSPS) is 13.5. The van der Waals surface area contributed by atoms with Crippen molar-refractivity contribution in [2.75, 3.05) is 33.9 Å². The molecule has 0 N–H and O–H groups in total. The molecule has 0 bridgehead atoms. The van der Waals surface area contributed by atoms with Crippen LogP contribution in [-0.4, -0.2) is 50.7 Å². The van der Waals surface area contributed by atoms with Gasteiger partial charge in [0.1, 0.15) is 0 Å². The van der Waals surface area contributed by atoms with Crippen LogP contribution in [0.4, 0.5) is 0 Å². The minimum Gasteiger partial charge on any atom is -0.489 e. The predicted octanol–water partition coefficient (Wildman–Crippen LogP) is 2.15. The summed E-state index contributed by atoms with van der Waals surface area (Å²) < 4.78 is 15.9. The third-order valence-electron chi connectivity index (χ3n) is 3.07. The standard InChI is InChI=1S/C16H18ClNO5/c1-18(2)14(19)10-23-15(20)5-4-11-8-12(17)16-13(9-11)21-6-3-7-22-16/h4-5,8-9H,3,6-7,10H2,1-2H3. The van der Waals surface area contributed by atoms with E-state index in [9.17, 15) is 9.59 Å². The van der Waals surface area contributed by atoms with Crippen molar-refractivity contribution in [2.24, 2.45) is 0 Å². The summed E-state index contributed by atoms with van der Waals surface area (Å²) in [5.74, 6) is 0.167. The number of carbonyl (C=O) groups excluding carboxylic acids is 2. The van der Waals surface area contributed by atoms with E-state index >= 15 is 0 Å². The van der Waals surface area contributed by atoms with E-state index in [1.807, 2.05) is 0 Å². The molecule has 0 saturated carbocycles. The Morgan fingerprint density at radius 3 is 2.78 bits per heavy atom. The fourth-order valence-corrected chi connectivity index (χ4v) is 2.09. The SMILES string of the molecule is CN(C)C(=O)COC(=O)C=Cc1cc(Cl)c2c(c1)OCCCO2. The molecule has 0 spiro atoms. The Hall–Kier alpha value is -2.21. The van der Waals surface area contributed by atoms with Gasteiger partial charge in [0.05, 0.1) is 18.2 Å². The van der Waals surface area contributed by atoms with Crippen molar-refractivity contribution in [1.29, 1.82) is 0 Å². The first-order chi connectivity index (χ1) is 11.0. The van der Waals surface area contributed by atoms with Gasteiger partial charge in [-0.15, -0.1) is 0 Å². The highest BCUT2D eigenvalue weighted by Gasteiger charge is 2.15. The highest BCUT2D eigenvalue weighted by atomic mass is 35.5. The molecule has 0 aliphatic carbocycles. The molecular weight excluding hydrogens is 322 g/mol. The Balaban J connectivity index is 2.02. The molecule has 2 rings (SSSR count). The molecule has 0 saturated heterocycles. The molecule has 0 unspecified atom stereocenters. The van der Waals surface area contributed by atoms with Crippen LogP contribution in [0.3, 0.4) is 0 Å². The summed E-state index contributed by atoms with van der Waals surface area (Å²) >= 11 is 6.17. The maximum Gasteiger partial charge on any atom is 0.331 e. The number of esters is 1. The molecule has 1 aromatic carbocycles. The summed E-state index contributed by atoms with van der Waals surface area (Å²) in [6.45, 7) is 0.803. The Morgan fingerprint density at radius 1 is 1.30 bits per heavy atom. The zero-order chi connectivity index (χ0) is 16.8. The molecule has 1 amide bonds. The Morgan fingerprint density at radius 2 is 2.04 bits per heavy atom. The maximum atomic E-state index is 11.6. The van der Waals surface area contributed by atoms with Gasteiger partial charge in [0.25, 0.3) is 5.91 Å². The van der Waals surface area contributed by atoms with Crippen molar-refractivity contribution in [3.05, 3.63) is 28.8 Å². The number of fused-ring (bicyclic) bond motifs is 1. The molecule has 6 nitrogen and oxygen atoms in total. The number of nitrogens with zero attached hydrogens (tertiary/aromatic N) is 1. The number of amides is 1. The third-order valence-corrected chi connectivity index (χ3v) is 3.35. The smallest absolute Gasteiger partial charge is 0.331 e. The van der Waals surface area contributed by atoms with Crippen molar-refractivity contribution in [1.82, 2.24) is 4.90 Å². The summed E-state index contributed by atoms with van der Waals surface area (Å²) in [6, 6.07) is 3.41. The predicted molar refractivity (Wildman–Crippen MR) is 85.7 cm³/mol. The van der Waals surface area contributed by atoms with Crippen LogP contribution in [0, 0.1) is 0 Å². The number of ether oxygens (including phenoxy) is 3. The fraction of sp³-hybridized carbons (Fsp3) is 0.375. The van der Waals surface area contributed by atoms with Gasteiger partial charge in [-0.1, -0.05) is 11.6 Å². The number of halogens is 1. The van der Waals surface area contributed by atoms with Gasteiger partial charge in [-0.25, -0.2) is 4.79 Å². The van der Waals surface area contributed by atoms with Gasteiger partial charge in [-0.05, 0) is 23.8 Å². The van der Waals surface area contributed by atoms with E-state index in [-0.39, 0.29) is 12.5 Å². The lowest BCUT2D eigenvalue weighted by atomic mass is 10.2. The van der Waals surface area contributed by atoms with Gasteiger partial charge >= 0.3 is 5.97 Å². The first-order valence-electron chi connectivity index (χ1n) is 7.11. The van der Waals surface area contributed by atoms with E-state index in [0.29, 0.717) is 35.3 Å². The quantitative estimate of drug-likeness (QED) is 0.621. The number of hydrogen-bond acceptors (Lipinski definition) is 5. The van der Waals surface area contributed by atoms with Gasteiger partial charge in [0, 0.05) is 26.6 Å². The Kier molecular flexibility index (Phi) is 5.87. The zero-order valence-corrected chi connectivity index (χ0v) is 13.8. The second-order valence-electron chi connectivity index (χ2n) is 5.11. The van der Waals surface area contributed by atoms with Crippen molar-refractivity contribution in [3.8, 4) is 11.5 Å². The number of carbonyl (C=O) groups is 2. The van der Waals surface area contributed by atoms with Crippen LogP contribution in [-0.2, 0) is 14.3 Å². The average molecular weight is 340 g/mol. The largest absolute Gasteiger partial charge is 0.489 e. The molecular formula is C16H18ClNO5. The summed E-state index contributed by atoms with van der Waals surface area (Å²) in [6.07, 6.45) is 3.56. The lowest BCUT2D eigenvalue weighted by molar-refractivity contribution is -0.146. The molecule has 23 heavy (non-hydrogen) atoms. The topological polar surface area (TPSA) is 65.1 Å². The number of hydrogen-bond donors (Lipinski definition) is 0. The lowest BCUT2D eigenvalue weighted by Gasteiger charge is -2.10. The summed E-state index contributed by atoms with van der Waals surface area (Å²) in [4.78, 5) is 24.3. The molecule has 7 heteroatoms. The summed E-state index contributed by atoms with van der Waals surface area (Å²) in [5, 5.41) is 0.417. The van der Waals surface area contributed by atoms with Gasteiger partial charge in [0.2, 0.25) is 0 Å². The third kappa shape index (κ3) is 4.89. The first kappa shape index (κ1) is 17.1. The van der Waals surface area contributed by atoms with E-state index in [1.54, 1.807) is 32.3 Å². The molecule has 1 aliphatic rings. The molecule has 1 aliphatic heterocycles. The maximum absolute atomic E-state index is 11.6. The van der Waals surface area contributed by atoms with Gasteiger partial charge in [-0.2, -0.15) is 0 Å². The van der Waals surface area contributed by atoms with Crippen molar-refractivity contribution >= 4 is 29.6 Å². The average Bonchev–Trinajstić information content (AvgIpc) is 2.76.